The molecule has 31 heavy (non-hydrogen) atoms. The van der Waals surface area contributed by atoms with Crippen LogP contribution in [0.4, 0.5) is 0 Å². The molecule has 2 aromatic carbocycles. The summed E-state index contributed by atoms with van der Waals surface area (Å²) in [4.78, 5) is 25.0. The van der Waals surface area contributed by atoms with Gasteiger partial charge in [-0.2, -0.15) is 0 Å². The standard InChI is InChI=1S/C25H32N2O4/c1-18-8-7-9-20(14-18)25(12-5-4-6-13-25)17-27-23(28)16-26-24(29)19-10-11-21(30-2)22(15-19)31-3/h7-11,14-15H,4-6,12-13,16-17H2,1-3H3,(H,26,29)(H,27,28). The fraction of sp³-hybridized carbons (Fsp3) is 0.440. The Morgan fingerprint density at radius 1 is 0.935 bits per heavy atom. The fourth-order valence-corrected chi connectivity index (χ4v) is 4.34. The minimum Gasteiger partial charge on any atom is -0.493 e. The lowest BCUT2D eigenvalue weighted by atomic mass is 9.69. The molecule has 2 N–H and O–H groups in total. The van der Waals surface area contributed by atoms with E-state index in [1.54, 1.807) is 18.2 Å². The van der Waals surface area contributed by atoms with Gasteiger partial charge in [0, 0.05) is 17.5 Å². The van der Waals surface area contributed by atoms with E-state index in [2.05, 4.69) is 41.8 Å². The van der Waals surface area contributed by atoms with Crippen molar-refractivity contribution in [1.82, 2.24) is 10.6 Å². The fourth-order valence-electron chi connectivity index (χ4n) is 4.34. The normalized spacial score (nSPS) is 15.1. The average molecular weight is 425 g/mol. The van der Waals surface area contributed by atoms with Crippen LogP contribution < -0.4 is 20.1 Å². The number of amides is 2. The summed E-state index contributed by atoms with van der Waals surface area (Å²) in [6.07, 6.45) is 5.70. The van der Waals surface area contributed by atoms with Gasteiger partial charge in [0.25, 0.3) is 5.91 Å². The van der Waals surface area contributed by atoms with Crippen LogP contribution in [0.3, 0.4) is 0 Å². The Labute approximate surface area is 184 Å². The molecule has 2 amide bonds. The lowest BCUT2D eigenvalue weighted by molar-refractivity contribution is -0.120. The molecule has 1 saturated carbocycles. The molecule has 0 aliphatic heterocycles. The van der Waals surface area contributed by atoms with Gasteiger partial charge in [0.05, 0.1) is 20.8 Å². The van der Waals surface area contributed by atoms with Crippen LogP contribution >= 0.6 is 0 Å². The highest BCUT2D eigenvalue weighted by Gasteiger charge is 2.34. The van der Waals surface area contributed by atoms with E-state index in [9.17, 15) is 9.59 Å². The summed E-state index contributed by atoms with van der Waals surface area (Å²) >= 11 is 0. The van der Waals surface area contributed by atoms with Crippen molar-refractivity contribution in [3.05, 3.63) is 59.2 Å². The van der Waals surface area contributed by atoms with Gasteiger partial charge < -0.3 is 20.1 Å². The van der Waals surface area contributed by atoms with E-state index in [0.717, 1.165) is 12.8 Å². The predicted molar refractivity (Wildman–Crippen MR) is 121 cm³/mol. The van der Waals surface area contributed by atoms with Gasteiger partial charge in [0.2, 0.25) is 5.91 Å². The van der Waals surface area contributed by atoms with Crippen molar-refractivity contribution in [1.29, 1.82) is 0 Å². The van der Waals surface area contributed by atoms with Crippen molar-refractivity contribution in [2.75, 3.05) is 27.3 Å². The van der Waals surface area contributed by atoms with E-state index < -0.39 is 0 Å². The number of aryl methyl sites for hydroxylation is 1. The number of benzene rings is 2. The first-order valence-corrected chi connectivity index (χ1v) is 10.8. The van der Waals surface area contributed by atoms with Crippen LogP contribution in [0.1, 0.15) is 53.6 Å². The van der Waals surface area contributed by atoms with E-state index in [1.165, 1.54) is 44.6 Å². The summed E-state index contributed by atoms with van der Waals surface area (Å²) in [6, 6.07) is 13.5. The number of ether oxygens (including phenoxy) is 2. The zero-order valence-electron chi connectivity index (χ0n) is 18.6. The molecule has 1 aliphatic rings. The number of methoxy groups -OCH3 is 2. The van der Waals surface area contributed by atoms with Crippen molar-refractivity contribution in [3.8, 4) is 11.5 Å². The van der Waals surface area contributed by atoms with Gasteiger partial charge in [0.15, 0.2) is 11.5 Å². The first-order chi connectivity index (χ1) is 15.0. The van der Waals surface area contributed by atoms with Crippen molar-refractivity contribution in [2.45, 2.75) is 44.4 Å². The Balaban J connectivity index is 1.59. The number of nitrogens with one attached hydrogen (secondary N) is 2. The number of hydrogen-bond donors (Lipinski definition) is 2. The van der Waals surface area contributed by atoms with Crippen molar-refractivity contribution in [3.63, 3.8) is 0 Å². The van der Waals surface area contributed by atoms with Crippen LogP contribution in [0.15, 0.2) is 42.5 Å². The molecule has 6 nitrogen and oxygen atoms in total. The van der Waals surface area contributed by atoms with Crippen LogP contribution in [-0.4, -0.2) is 39.1 Å². The lowest BCUT2D eigenvalue weighted by Gasteiger charge is -2.38. The van der Waals surface area contributed by atoms with E-state index in [4.69, 9.17) is 9.47 Å². The molecule has 0 heterocycles. The van der Waals surface area contributed by atoms with Gasteiger partial charge in [-0.3, -0.25) is 9.59 Å². The molecule has 1 fully saturated rings. The molecule has 0 spiro atoms. The number of carbonyl (C=O) groups is 2. The Morgan fingerprint density at radius 3 is 2.35 bits per heavy atom. The van der Waals surface area contributed by atoms with Crippen LogP contribution in [0.5, 0.6) is 11.5 Å². The van der Waals surface area contributed by atoms with Gasteiger partial charge in [-0.05, 0) is 43.5 Å². The topological polar surface area (TPSA) is 76.7 Å². The zero-order chi connectivity index (χ0) is 22.3. The molecule has 0 saturated heterocycles. The highest BCUT2D eigenvalue weighted by molar-refractivity contribution is 5.97. The summed E-state index contributed by atoms with van der Waals surface area (Å²) in [5, 5.41) is 5.75. The van der Waals surface area contributed by atoms with E-state index in [1.807, 2.05) is 0 Å². The summed E-state index contributed by atoms with van der Waals surface area (Å²) in [5.41, 5.74) is 2.90. The Kier molecular flexibility index (Phi) is 7.55. The molecular weight excluding hydrogens is 392 g/mol. The Morgan fingerprint density at radius 2 is 1.68 bits per heavy atom. The maximum atomic E-state index is 12.5. The Hall–Kier alpha value is -3.02. The van der Waals surface area contributed by atoms with Crippen LogP contribution in [0, 0.1) is 6.92 Å². The van der Waals surface area contributed by atoms with Crippen LogP contribution in [0.2, 0.25) is 0 Å². The monoisotopic (exact) mass is 424 g/mol. The molecule has 0 radical (unpaired) electrons. The summed E-state index contributed by atoms with van der Waals surface area (Å²) in [5.74, 6) is 0.497. The SMILES string of the molecule is COc1ccc(C(=O)NCC(=O)NCC2(c3cccc(C)c3)CCCCC2)cc1OC. The third kappa shape index (κ3) is 5.57. The smallest absolute Gasteiger partial charge is 0.251 e. The highest BCUT2D eigenvalue weighted by atomic mass is 16.5. The zero-order valence-corrected chi connectivity index (χ0v) is 18.6. The van der Waals surface area contributed by atoms with Crippen molar-refractivity contribution in [2.24, 2.45) is 0 Å². The van der Waals surface area contributed by atoms with Crippen molar-refractivity contribution < 1.29 is 19.1 Å². The second-order valence-electron chi connectivity index (χ2n) is 8.24. The number of hydrogen-bond acceptors (Lipinski definition) is 4. The molecule has 0 unspecified atom stereocenters. The molecular formula is C25H32N2O4. The van der Waals surface area contributed by atoms with Gasteiger partial charge in [-0.25, -0.2) is 0 Å². The maximum Gasteiger partial charge on any atom is 0.251 e. The van der Waals surface area contributed by atoms with Gasteiger partial charge in [-0.1, -0.05) is 49.1 Å². The first kappa shape index (κ1) is 22.7. The molecule has 2 aromatic rings. The molecule has 6 heteroatoms. The lowest BCUT2D eigenvalue weighted by Crippen LogP contribution is -2.45. The molecule has 3 rings (SSSR count). The highest BCUT2D eigenvalue weighted by Crippen LogP contribution is 2.39. The quantitative estimate of drug-likeness (QED) is 0.677. The second kappa shape index (κ2) is 10.3. The minimum absolute atomic E-state index is 0.0344. The summed E-state index contributed by atoms with van der Waals surface area (Å²) in [6.45, 7) is 2.61. The second-order valence-corrected chi connectivity index (χ2v) is 8.24. The van der Waals surface area contributed by atoms with Gasteiger partial charge in [0.1, 0.15) is 0 Å². The largest absolute Gasteiger partial charge is 0.493 e. The Bertz CT molecular complexity index is 919. The van der Waals surface area contributed by atoms with E-state index in [0.29, 0.717) is 23.6 Å². The number of carbonyl (C=O) groups excluding carboxylic acids is 2. The third-order valence-corrected chi connectivity index (χ3v) is 6.12. The molecule has 0 bridgehead atoms. The maximum absolute atomic E-state index is 12.5. The molecule has 0 aromatic heterocycles. The van der Waals surface area contributed by atoms with E-state index in [-0.39, 0.29) is 23.8 Å². The molecule has 1 aliphatic carbocycles. The van der Waals surface area contributed by atoms with E-state index >= 15 is 0 Å². The minimum atomic E-state index is -0.331. The molecule has 166 valence electrons. The average Bonchev–Trinajstić information content (AvgIpc) is 2.81. The summed E-state index contributed by atoms with van der Waals surface area (Å²) < 4.78 is 10.4. The van der Waals surface area contributed by atoms with Crippen molar-refractivity contribution >= 4 is 11.8 Å². The van der Waals surface area contributed by atoms with Crippen LogP contribution in [0.25, 0.3) is 0 Å². The van der Waals surface area contributed by atoms with Gasteiger partial charge in [-0.15, -0.1) is 0 Å². The van der Waals surface area contributed by atoms with Crippen LogP contribution in [-0.2, 0) is 10.2 Å². The number of rotatable bonds is 8. The summed E-state index contributed by atoms with van der Waals surface area (Å²) in [7, 11) is 3.06. The first-order valence-electron chi connectivity index (χ1n) is 10.8. The van der Waals surface area contributed by atoms with Gasteiger partial charge >= 0.3 is 0 Å². The predicted octanol–water partition coefficient (Wildman–Crippen LogP) is 3.76. The molecule has 0 atom stereocenters. The third-order valence-electron chi connectivity index (χ3n) is 6.12.